The molecule has 3 aromatic rings. The van der Waals surface area contributed by atoms with Crippen molar-refractivity contribution in [1.82, 2.24) is 10.2 Å². The van der Waals surface area contributed by atoms with E-state index in [9.17, 15) is 0 Å². The number of nitriles is 1. The quantitative estimate of drug-likeness (QED) is 0.768. The van der Waals surface area contributed by atoms with Crippen molar-refractivity contribution in [2.75, 3.05) is 5.73 Å². The van der Waals surface area contributed by atoms with Crippen LogP contribution in [0.3, 0.4) is 0 Å². The lowest BCUT2D eigenvalue weighted by molar-refractivity contribution is 0.483. The van der Waals surface area contributed by atoms with E-state index in [1.165, 1.54) is 0 Å². The summed E-state index contributed by atoms with van der Waals surface area (Å²) in [4.78, 5) is 0. The lowest BCUT2D eigenvalue weighted by Crippen LogP contribution is -1.88. The van der Waals surface area contributed by atoms with Crippen LogP contribution in [-0.2, 0) is 0 Å². The number of nitrogens with zero attached hydrogens (tertiary/aromatic N) is 2. The molecule has 3 rings (SSSR count). The maximum absolute atomic E-state index is 9.13. The number of aromatic amines is 1. The van der Waals surface area contributed by atoms with Crippen molar-refractivity contribution in [1.29, 1.82) is 5.26 Å². The Balaban J connectivity index is 1.95. The monoisotopic (exact) mass is 276 g/mol. The molecular weight excluding hydrogens is 264 g/mol. The van der Waals surface area contributed by atoms with Gasteiger partial charge in [0.1, 0.15) is 34.6 Å². The van der Waals surface area contributed by atoms with E-state index in [1.807, 2.05) is 54.6 Å². The van der Waals surface area contributed by atoms with E-state index in [0.29, 0.717) is 17.0 Å². The van der Waals surface area contributed by atoms with Gasteiger partial charge in [0.05, 0.1) is 0 Å². The predicted octanol–water partition coefficient (Wildman–Crippen LogP) is 3.32. The van der Waals surface area contributed by atoms with E-state index in [2.05, 4.69) is 16.3 Å². The maximum Gasteiger partial charge on any atom is 0.137 e. The standard InChI is InChI=1S/C16H12N4O/c17-10-14-15(19-20-16(14)18)11-5-4-8-13(9-11)21-12-6-2-1-3-7-12/h1-9H,(H3,18,19,20). The summed E-state index contributed by atoms with van der Waals surface area (Å²) in [5, 5.41) is 15.8. The molecule has 3 N–H and O–H groups in total. The lowest BCUT2D eigenvalue weighted by Gasteiger charge is -2.06. The molecule has 2 aromatic carbocycles. The second kappa shape index (κ2) is 5.39. The second-order valence-corrected chi connectivity index (χ2v) is 4.42. The zero-order valence-electron chi connectivity index (χ0n) is 11.1. The fourth-order valence-electron chi connectivity index (χ4n) is 2.01. The average Bonchev–Trinajstić information content (AvgIpc) is 2.89. The zero-order chi connectivity index (χ0) is 14.7. The zero-order valence-corrected chi connectivity index (χ0v) is 11.1. The van der Waals surface area contributed by atoms with Crippen molar-refractivity contribution in [3.8, 4) is 28.8 Å². The number of anilines is 1. The highest BCUT2D eigenvalue weighted by atomic mass is 16.5. The van der Waals surface area contributed by atoms with Crippen LogP contribution in [-0.4, -0.2) is 10.2 Å². The Kier molecular flexibility index (Phi) is 3.27. The van der Waals surface area contributed by atoms with E-state index in [4.69, 9.17) is 15.7 Å². The molecule has 0 aliphatic carbocycles. The van der Waals surface area contributed by atoms with Gasteiger partial charge in [0.15, 0.2) is 0 Å². The number of benzene rings is 2. The van der Waals surface area contributed by atoms with E-state index in [-0.39, 0.29) is 5.82 Å². The first-order valence-corrected chi connectivity index (χ1v) is 6.35. The number of nitrogens with one attached hydrogen (secondary N) is 1. The molecule has 0 aliphatic heterocycles. The summed E-state index contributed by atoms with van der Waals surface area (Å²) in [6.07, 6.45) is 0. The first kappa shape index (κ1) is 12.8. The third-order valence-electron chi connectivity index (χ3n) is 2.99. The van der Waals surface area contributed by atoms with Crippen LogP contribution in [0.15, 0.2) is 54.6 Å². The van der Waals surface area contributed by atoms with Gasteiger partial charge in [0, 0.05) is 5.56 Å². The largest absolute Gasteiger partial charge is 0.457 e. The van der Waals surface area contributed by atoms with Gasteiger partial charge >= 0.3 is 0 Å². The second-order valence-electron chi connectivity index (χ2n) is 4.42. The third-order valence-corrected chi connectivity index (χ3v) is 2.99. The van der Waals surface area contributed by atoms with Crippen molar-refractivity contribution >= 4 is 5.82 Å². The van der Waals surface area contributed by atoms with Gasteiger partial charge in [-0.15, -0.1) is 0 Å². The smallest absolute Gasteiger partial charge is 0.137 e. The number of nitrogen functional groups attached to an aromatic ring is 1. The molecule has 0 aliphatic rings. The molecule has 5 nitrogen and oxygen atoms in total. The molecule has 102 valence electrons. The Hall–Kier alpha value is -3.26. The number of rotatable bonds is 3. The molecule has 0 saturated heterocycles. The van der Waals surface area contributed by atoms with Crippen LogP contribution in [0.5, 0.6) is 11.5 Å². The summed E-state index contributed by atoms with van der Waals surface area (Å²) in [5.74, 6) is 1.68. The summed E-state index contributed by atoms with van der Waals surface area (Å²) < 4.78 is 5.77. The maximum atomic E-state index is 9.13. The summed E-state index contributed by atoms with van der Waals surface area (Å²) >= 11 is 0. The molecule has 0 fully saturated rings. The van der Waals surface area contributed by atoms with Gasteiger partial charge in [-0.1, -0.05) is 30.3 Å². The molecule has 0 radical (unpaired) electrons. The van der Waals surface area contributed by atoms with E-state index < -0.39 is 0 Å². The normalized spacial score (nSPS) is 10.0. The molecule has 0 atom stereocenters. The summed E-state index contributed by atoms with van der Waals surface area (Å²) in [7, 11) is 0. The predicted molar refractivity (Wildman–Crippen MR) is 79.7 cm³/mol. The average molecular weight is 276 g/mol. The Morgan fingerprint density at radius 2 is 1.81 bits per heavy atom. The molecule has 0 amide bonds. The lowest BCUT2D eigenvalue weighted by atomic mass is 10.1. The number of nitrogens with two attached hydrogens (primary N) is 1. The molecular formula is C16H12N4O. The number of para-hydroxylation sites is 1. The molecule has 0 unspecified atom stereocenters. The van der Waals surface area contributed by atoms with Gasteiger partial charge in [0.25, 0.3) is 0 Å². The molecule has 5 heteroatoms. The van der Waals surface area contributed by atoms with Gasteiger partial charge < -0.3 is 10.5 Å². The Morgan fingerprint density at radius 3 is 2.57 bits per heavy atom. The van der Waals surface area contributed by atoms with Crippen LogP contribution in [0.4, 0.5) is 5.82 Å². The van der Waals surface area contributed by atoms with Crippen molar-refractivity contribution in [2.24, 2.45) is 0 Å². The van der Waals surface area contributed by atoms with Crippen LogP contribution in [0.25, 0.3) is 11.3 Å². The van der Waals surface area contributed by atoms with E-state index in [1.54, 1.807) is 0 Å². The highest BCUT2D eigenvalue weighted by molar-refractivity contribution is 5.73. The molecule has 0 saturated carbocycles. The first-order valence-electron chi connectivity index (χ1n) is 6.35. The van der Waals surface area contributed by atoms with Crippen LogP contribution < -0.4 is 10.5 Å². The number of hydrogen-bond acceptors (Lipinski definition) is 4. The number of H-pyrrole nitrogens is 1. The minimum Gasteiger partial charge on any atom is -0.457 e. The summed E-state index contributed by atoms with van der Waals surface area (Å²) in [6, 6.07) is 18.9. The van der Waals surface area contributed by atoms with Gasteiger partial charge in [-0.2, -0.15) is 10.4 Å². The van der Waals surface area contributed by atoms with Gasteiger partial charge in [0.2, 0.25) is 0 Å². The number of ether oxygens (including phenoxy) is 1. The fourth-order valence-corrected chi connectivity index (χ4v) is 2.01. The van der Waals surface area contributed by atoms with Crippen molar-refractivity contribution in [3.05, 3.63) is 60.2 Å². The van der Waals surface area contributed by atoms with Gasteiger partial charge in [-0.05, 0) is 24.3 Å². The Bertz CT molecular complexity index is 803. The highest BCUT2D eigenvalue weighted by Crippen LogP contribution is 2.29. The van der Waals surface area contributed by atoms with Crippen molar-refractivity contribution in [3.63, 3.8) is 0 Å². The fraction of sp³-hybridized carbons (Fsp3) is 0. The van der Waals surface area contributed by atoms with Crippen LogP contribution in [0.2, 0.25) is 0 Å². The Morgan fingerprint density at radius 1 is 1.05 bits per heavy atom. The van der Waals surface area contributed by atoms with E-state index in [0.717, 1.165) is 11.3 Å². The number of aromatic nitrogens is 2. The first-order chi connectivity index (χ1) is 10.3. The van der Waals surface area contributed by atoms with Gasteiger partial charge in [-0.25, -0.2) is 0 Å². The summed E-state index contributed by atoms with van der Waals surface area (Å²) in [5.41, 5.74) is 7.31. The van der Waals surface area contributed by atoms with Crippen molar-refractivity contribution < 1.29 is 4.74 Å². The van der Waals surface area contributed by atoms with Crippen molar-refractivity contribution in [2.45, 2.75) is 0 Å². The number of hydrogen-bond donors (Lipinski definition) is 2. The SMILES string of the molecule is N#Cc1c(-c2cccc(Oc3ccccc3)c2)n[nH]c1N. The molecule has 21 heavy (non-hydrogen) atoms. The molecule has 1 heterocycles. The minimum atomic E-state index is 0.266. The van der Waals surface area contributed by atoms with Crippen LogP contribution >= 0.6 is 0 Å². The molecule has 0 bridgehead atoms. The Labute approximate surface area is 121 Å². The highest BCUT2D eigenvalue weighted by Gasteiger charge is 2.13. The topological polar surface area (TPSA) is 87.7 Å². The van der Waals surface area contributed by atoms with Gasteiger partial charge in [-0.3, -0.25) is 5.10 Å². The minimum absolute atomic E-state index is 0.266. The molecule has 0 spiro atoms. The third kappa shape index (κ3) is 2.55. The molecule has 1 aromatic heterocycles. The van der Waals surface area contributed by atoms with Crippen LogP contribution in [0, 0.1) is 11.3 Å². The van der Waals surface area contributed by atoms with E-state index >= 15 is 0 Å². The summed E-state index contributed by atoms with van der Waals surface area (Å²) in [6.45, 7) is 0. The van der Waals surface area contributed by atoms with Crippen LogP contribution in [0.1, 0.15) is 5.56 Å².